The maximum atomic E-state index is 11.2. The second-order valence-corrected chi connectivity index (χ2v) is 3.54. The second kappa shape index (κ2) is 8.92. The Kier molecular flexibility index (Phi) is 8.17. The normalized spacial score (nSPS) is 13.8. The Hall–Kier alpha value is -1.35. The van der Waals surface area contributed by atoms with Gasteiger partial charge in [-0.2, -0.15) is 0 Å². The van der Waals surface area contributed by atoms with Crippen molar-refractivity contribution in [1.82, 2.24) is 5.32 Å². The van der Waals surface area contributed by atoms with Crippen molar-refractivity contribution in [3.8, 4) is 0 Å². The minimum atomic E-state index is -0.428. The summed E-state index contributed by atoms with van der Waals surface area (Å²) in [6, 6.07) is -0.428. The molecule has 0 aliphatic carbocycles. The molecule has 0 bridgehead atoms. The highest BCUT2D eigenvalue weighted by Gasteiger charge is 2.10. The quantitative estimate of drug-likeness (QED) is 0.647. The Morgan fingerprint density at radius 3 is 2.75 bits per heavy atom. The maximum Gasteiger partial charge on any atom is 0.236 e. The van der Waals surface area contributed by atoms with Crippen LogP contribution in [-0.4, -0.2) is 19.0 Å². The topological polar surface area (TPSA) is 55.1 Å². The summed E-state index contributed by atoms with van der Waals surface area (Å²) in [5.74, 6) is -0.108. The molecular formula is C13H22N2O. The number of rotatable bonds is 7. The largest absolute Gasteiger partial charge is 0.358 e. The molecule has 0 saturated heterocycles. The molecule has 0 fully saturated rings. The van der Waals surface area contributed by atoms with Gasteiger partial charge in [-0.3, -0.25) is 4.79 Å². The molecule has 0 radical (unpaired) electrons. The van der Waals surface area contributed by atoms with Gasteiger partial charge in [-0.1, -0.05) is 43.4 Å². The summed E-state index contributed by atoms with van der Waals surface area (Å²) in [5, 5.41) is 2.55. The molecule has 3 heteroatoms. The lowest BCUT2D eigenvalue weighted by molar-refractivity contribution is -0.121. The summed E-state index contributed by atoms with van der Waals surface area (Å²) >= 11 is 0. The number of nitrogens with one attached hydrogen (secondary N) is 1. The minimum Gasteiger partial charge on any atom is -0.358 e. The lowest BCUT2D eigenvalue weighted by Crippen LogP contribution is -2.38. The zero-order valence-corrected chi connectivity index (χ0v) is 10.2. The van der Waals surface area contributed by atoms with Crippen LogP contribution in [0.3, 0.4) is 0 Å². The molecular weight excluding hydrogens is 200 g/mol. The van der Waals surface area contributed by atoms with Crippen LogP contribution in [0.15, 0.2) is 36.5 Å². The fourth-order valence-electron chi connectivity index (χ4n) is 1.35. The van der Waals surface area contributed by atoms with Crippen molar-refractivity contribution in [3.05, 3.63) is 36.5 Å². The van der Waals surface area contributed by atoms with Crippen molar-refractivity contribution < 1.29 is 4.79 Å². The van der Waals surface area contributed by atoms with Crippen molar-refractivity contribution in [1.29, 1.82) is 0 Å². The Labute approximate surface area is 98.1 Å². The van der Waals surface area contributed by atoms with Gasteiger partial charge in [0.2, 0.25) is 5.91 Å². The molecule has 0 heterocycles. The van der Waals surface area contributed by atoms with Crippen molar-refractivity contribution >= 4 is 5.91 Å². The van der Waals surface area contributed by atoms with Gasteiger partial charge < -0.3 is 11.1 Å². The fourth-order valence-corrected chi connectivity index (χ4v) is 1.35. The van der Waals surface area contributed by atoms with E-state index in [9.17, 15) is 4.79 Å². The number of nitrogens with two attached hydrogens (primary N) is 1. The van der Waals surface area contributed by atoms with Crippen LogP contribution in [0.5, 0.6) is 0 Å². The molecule has 3 N–H and O–H groups in total. The van der Waals surface area contributed by atoms with E-state index in [1.807, 2.05) is 12.2 Å². The number of amides is 1. The molecule has 1 unspecified atom stereocenters. The Bertz CT molecular complexity index is 280. The predicted molar refractivity (Wildman–Crippen MR) is 69.0 cm³/mol. The number of likely N-dealkylation sites (N-methyl/N-ethyl adjacent to an activating group) is 1. The van der Waals surface area contributed by atoms with E-state index in [-0.39, 0.29) is 5.91 Å². The van der Waals surface area contributed by atoms with E-state index in [0.717, 1.165) is 12.8 Å². The highest BCUT2D eigenvalue weighted by molar-refractivity contribution is 5.81. The highest BCUT2D eigenvalue weighted by Crippen LogP contribution is 2.10. The molecule has 16 heavy (non-hydrogen) atoms. The van der Waals surface area contributed by atoms with E-state index < -0.39 is 6.04 Å². The number of carbonyl (C=O) groups is 1. The van der Waals surface area contributed by atoms with Crippen LogP contribution in [0.25, 0.3) is 0 Å². The predicted octanol–water partition coefficient (Wildman–Crippen LogP) is 1.92. The molecule has 0 saturated carbocycles. The third kappa shape index (κ3) is 6.19. The first kappa shape index (κ1) is 14.6. The van der Waals surface area contributed by atoms with Gasteiger partial charge in [0.1, 0.15) is 0 Å². The van der Waals surface area contributed by atoms with Crippen molar-refractivity contribution in [3.63, 3.8) is 0 Å². The van der Waals surface area contributed by atoms with Gasteiger partial charge in [0.25, 0.3) is 0 Å². The molecule has 0 aromatic heterocycles. The third-order valence-electron chi connectivity index (χ3n) is 2.24. The first-order valence-electron chi connectivity index (χ1n) is 5.61. The van der Waals surface area contributed by atoms with Crippen LogP contribution in [-0.2, 0) is 4.79 Å². The van der Waals surface area contributed by atoms with Gasteiger partial charge in [0.15, 0.2) is 0 Å². The Morgan fingerprint density at radius 2 is 2.25 bits per heavy atom. The van der Waals surface area contributed by atoms with E-state index in [1.165, 1.54) is 5.57 Å². The number of carbonyl (C=O) groups excluding carboxylic acids is 1. The lowest BCUT2D eigenvalue weighted by atomic mass is 10.0. The summed E-state index contributed by atoms with van der Waals surface area (Å²) in [5.41, 5.74) is 6.91. The van der Waals surface area contributed by atoms with Crippen LogP contribution >= 0.6 is 0 Å². The van der Waals surface area contributed by atoms with Gasteiger partial charge in [0, 0.05) is 7.05 Å². The van der Waals surface area contributed by atoms with Crippen molar-refractivity contribution in [2.75, 3.05) is 7.05 Å². The Morgan fingerprint density at radius 1 is 1.56 bits per heavy atom. The van der Waals surface area contributed by atoms with Crippen LogP contribution in [0.1, 0.15) is 26.2 Å². The monoisotopic (exact) mass is 222 g/mol. The molecule has 0 aliphatic heterocycles. The molecule has 0 aromatic rings. The molecule has 1 atom stereocenters. The SMILES string of the molecule is C=C/C=C\C(=C/CC)CCC(N)C(=O)NC. The van der Waals surface area contributed by atoms with Crippen LogP contribution in [0, 0.1) is 0 Å². The van der Waals surface area contributed by atoms with E-state index >= 15 is 0 Å². The van der Waals surface area contributed by atoms with Gasteiger partial charge >= 0.3 is 0 Å². The van der Waals surface area contributed by atoms with Gasteiger partial charge in [0.05, 0.1) is 6.04 Å². The summed E-state index contributed by atoms with van der Waals surface area (Å²) < 4.78 is 0. The van der Waals surface area contributed by atoms with Crippen molar-refractivity contribution in [2.24, 2.45) is 5.73 Å². The van der Waals surface area contributed by atoms with Gasteiger partial charge in [-0.15, -0.1) is 0 Å². The summed E-state index contributed by atoms with van der Waals surface area (Å²) in [4.78, 5) is 11.2. The molecule has 0 aromatic carbocycles. The second-order valence-electron chi connectivity index (χ2n) is 3.54. The van der Waals surface area contributed by atoms with Crippen LogP contribution in [0.4, 0.5) is 0 Å². The number of allylic oxidation sites excluding steroid dienone is 5. The van der Waals surface area contributed by atoms with E-state index in [0.29, 0.717) is 6.42 Å². The highest BCUT2D eigenvalue weighted by atomic mass is 16.2. The summed E-state index contributed by atoms with van der Waals surface area (Å²) in [7, 11) is 1.60. The fraction of sp³-hybridized carbons (Fsp3) is 0.462. The molecule has 3 nitrogen and oxygen atoms in total. The van der Waals surface area contributed by atoms with Crippen molar-refractivity contribution in [2.45, 2.75) is 32.2 Å². The standard InChI is InChI=1S/C13H22N2O/c1-4-6-8-11(7-5-2)9-10-12(14)13(16)15-3/h4,6-8,12H,1,5,9-10,14H2,2-3H3,(H,15,16)/b8-6-,11-7+. The maximum absolute atomic E-state index is 11.2. The average Bonchev–Trinajstić information content (AvgIpc) is 2.31. The molecule has 0 rings (SSSR count). The zero-order valence-electron chi connectivity index (χ0n) is 10.2. The number of hydrogen-bond acceptors (Lipinski definition) is 2. The van der Waals surface area contributed by atoms with E-state index in [4.69, 9.17) is 5.73 Å². The minimum absolute atomic E-state index is 0.108. The van der Waals surface area contributed by atoms with E-state index in [2.05, 4.69) is 24.9 Å². The van der Waals surface area contributed by atoms with Crippen LogP contribution in [0.2, 0.25) is 0 Å². The molecule has 90 valence electrons. The van der Waals surface area contributed by atoms with Gasteiger partial charge in [-0.25, -0.2) is 0 Å². The smallest absolute Gasteiger partial charge is 0.236 e. The Balaban J connectivity index is 4.22. The first-order valence-corrected chi connectivity index (χ1v) is 5.61. The van der Waals surface area contributed by atoms with Crippen LogP contribution < -0.4 is 11.1 Å². The third-order valence-corrected chi connectivity index (χ3v) is 2.24. The lowest BCUT2D eigenvalue weighted by Gasteiger charge is -2.10. The average molecular weight is 222 g/mol. The molecule has 1 amide bonds. The molecule has 0 aliphatic rings. The molecule has 0 spiro atoms. The summed E-state index contributed by atoms with van der Waals surface area (Å²) in [6.07, 6.45) is 10.2. The number of hydrogen-bond donors (Lipinski definition) is 2. The summed E-state index contributed by atoms with van der Waals surface area (Å²) in [6.45, 7) is 5.71. The zero-order chi connectivity index (χ0) is 12.4. The first-order chi connectivity index (χ1) is 7.65. The van der Waals surface area contributed by atoms with Gasteiger partial charge in [-0.05, 0) is 19.3 Å². The van der Waals surface area contributed by atoms with E-state index in [1.54, 1.807) is 13.1 Å².